The first-order valence-electron chi connectivity index (χ1n) is 7.88. The molecule has 1 nitrogen and oxygen atoms in total. The van der Waals surface area contributed by atoms with E-state index < -0.39 is 0 Å². The molecular formula is C18H29NS. The Balaban J connectivity index is 2.04. The lowest BCUT2D eigenvalue weighted by molar-refractivity contribution is 0.352. The maximum atomic E-state index is 3.87. The predicted octanol–water partition coefficient (Wildman–Crippen LogP) is 4.94. The fourth-order valence-electron chi connectivity index (χ4n) is 3.40. The van der Waals surface area contributed by atoms with Crippen molar-refractivity contribution in [3.05, 3.63) is 34.4 Å². The molecule has 0 bridgehead atoms. The van der Waals surface area contributed by atoms with Crippen LogP contribution in [0.5, 0.6) is 0 Å². The highest BCUT2D eigenvalue weighted by Gasteiger charge is 2.23. The van der Waals surface area contributed by atoms with Gasteiger partial charge >= 0.3 is 0 Å². The zero-order valence-corrected chi connectivity index (χ0v) is 14.4. The number of nitrogens with one attached hydrogen (secondary N) is 1. The van der Waals surface area contributed by atoms with Gasteiger partial charge in [-0.2, -0.15) is 11.8 Å². The fraction of sp³-hybridized carbons (Fsp3) is 0.667. The van der Waals surface area contributed by atoms with Crippen LogP contribution in [-0.4, -0.2) is 17.5 Å². The van der Waals surface area contributed by atoms with E-state index in [1.165, 1.54) is 47.9 Å². The Kier molecular flexibility index (Phi) is 5.57. The molecule has 1 aromatic rings. The molecule has 3 unspecified atom stereocenters. The van der Waals surface area contributed by atoms with E-state index in [-0.39, 0.29) is 0 Å². The van der Waals surface area contributed by atoms with Crippen LogP contribution in [-0.2, 0) is 0 Å². The molecule has 3 atom stereocenters. The van der Waals surface area contributed by atoms with Crippen LogP contribution in [0.2, 0.25) is 0 Å². The monoisotopic (exact) mass is 291 g/mol. The normalized spacial score (nSPS) is 24.6. The molecule has 0 aliphatic heterocycles. The third kappa shape index (κ3) is 3.79. The van der Waals surface area contributed by atoms with Gasteiger partial charge in [-0.1, -0.05) is 18.6 Å². The molecule has 0 amide bonds. The molecule has 1 fully saturated rings. The minimum Gasteiger partial charge on any atom is -0.307 e. The van der Waals surface area contributed by atoms with Crippen molar-refractivity contribution in [2.75, 3.05) is 6.26 Å². The Morgan fingerprint density at radius 3 is 2.50 bits per heavy atom. The summed E-state index contributed by atoms with van der Waals surface area (Å²) in [5.41, 5.74) is 5.70. The van der Waals surface area contributed by atoms with E-state index in [1.54, 1.807) is 0 Å². The lowest BCUT2D eigenvalue weighted by atomic mass is 9.92. The predicted molar refractivity (Wildman–Crippen MR) is 91.8 cm³/mol. The van der Waals surface area contributed by atoms with Gasteiger partial charge in [0.05, 0.1) is 0 Å². The Bertz CT molecular complexity index is 455. The second kappa shape index (κ2) is 7.00. The number of rotatable bonds is 4. The van der Waals surface area contributed by atoms with Crippen molar-refractivity contribution in [3.8, 4) is 0 Å². The summed E-state index contributed by atoms with van der Waals surface area (Å²) in [6, 6.07) is 5.85. The van der Waals surface area contributed by atoms with E-state index in [0.29, 0.717) is 12.1 Å². The summed E-state index contributed by atoms with van der Waals surface area (Å²) >= 11 is 2.04. The standard InChI is InChI=1S/C18H29NS/c1-12-9-14(3)18(10-13(12)2)15(4)19-16-7-6-8-17(11-16)20-5/h9-10,15-17,19H,6-8,11H2,1-5H3. The summed E-state index contributed by atoms with van der Waals surface area (Å²) in [5.74, 6) is 0. The molecule has 2 heteroatoms. The summed E-state index contributed by atoms with van der Waals surface area (Å²) in [4.78, 5) is 0. The van der Waals surface area contributed by atoms with E-state index in [2.05, 4.69) is 51.4 Å². The van der Waals surface area contributed by atoms with Gasteiger partial charge in [0.2, 0.25) is 0 Å². The van der Waals surface area contributed by atoms with Crippen LogP contribution in [0, 0.1) is 20.8 Å². The minimum atomic E-state index is 0.458. The van der Waals surface area contributed by atoms with Gasteiger partial charge in [0.15, 0.2) is 0 Å². The molecule has 2 rings (SSSR count). The Morgan fingerprint density at radius 1 is 1.10 bits per heavy atom. The van der Waals surface area contributed by atoms with Gasteiger partial charge in [-0.3, -0.25) is 0 Å². The molecule has 0 heterocycles. The maximum absolute atomic E-state index is 3.87. The van der Waals surface area contributed by atoms with Gasteiger partial charge in [0.25, 0.3) is 0 Å². The topological polar surface area (TPSA) is 12.0 Å². The first-order valence-corrected chi connectivity index (χ1v) is 9.16. The van der Waals surface area contributed by atoms with Crippen molar-refractivity contribution in [2.45, 2.75) is 70.7 Å². The lowest BCUT2D eigenvalue weighted by Crippen LogP contribution is -2.36. The molecule has 1 aliphatic rings. The van der Waals surface area contributed by atoms with Crippen molar-refractivity contribution in [1.82, 2.24) is 5.32 Å². The maximum Gasteiger partial charge on any atom is 0.0297 e. The molecule has 20 heavy (non-hydrogen) atoms. The van der Waals surface area contributed by atoms with Crippen LogP contribution >= 0.6 is 11.8 Å². The van der Waals surface area contributed by atoms with Crippen molar-refractivity contribution in [2.24, 2.45) is 0 Å². The van der Waals surface area contributed by atoms with Gasteiger partial charge in [0, 0.05) is 17.3 Å². The third-order valence-corrected chi connectivity index (χ3v) is 5.89. The Morgan fingerprint density at radius 2 is 1.80 bits per heavy atom. The third-order valence-electron chi connectivity index (χ3n) is 4.79. The summed E-state index contributed by atoms with van der Waals surface area (Å²) in [5, 5.41) is 4.73. The highest BCUT2D eigenvalue weighted by atomic mass is 32.2. The van der Waals surface area contributed by atoms with Crippen molar-refractivity contribution in [3.63, 3.8) is 0 Å². The molecule has 0 saturated heterocycles. The second-order valence-electron chi connectivity index (χ2n) is 6.40. The average molecular weight is 292 g/mol. The van der Waals surface area contributed by atoms with E-state index in [1.807, 2.05) is 11.8 Å². The average Bonchev–Trinajstić information content (AvgIpc) is 2.43. The minimum absolute atomic E-state index is 0.458. The molecule has 0 aromatic heterocycles. The van der Waals surface area contributed by atoms with E-state index >= 15 is 0 Å². The van der Waals surface area contributed by atoms with Crippen molar-refractivity contribution < 1.29 is 0 Å². The largest absolute Gasteiger partial charge is 0.307 e. The number of hydrogen-bond donors (Lipinski definition) is 1. The first-order chi connectivity index (χ1) is 9.51. The van der Waals surface area contributed by atoms with Gasteiger partial charge in [-0.25, -0.2) is 0 Å². The zero-order valence-electron chi connectivity index (χ0n) is 13.6. The van der Waals surface area contributed by atoms with Crippen LogP contribution in [0.15, 0.2) is 12.1 Å². The van der Waals surface area contributed by atoms with Crippen LogP contribution in [0.25, 0.3) is 0 Å². The summed E-state index contributed by atoms with van der Waals surface area (Å²) in [6.07, 6.45) is 7.70. The van der Waals surface area contributed by atoms with Crippen LogP contribution in [0.4, 0.5) is 0 Å². The van der Waals surface area contributed by atoms with E-state index in [9.17, 15) is 0 Å². The lowest BCUT2D eigenvalue weighted by Gasteiger charge is -2.31. The number of benzene rings is 1. The molecule has 1 N–H and O–H groups in total. The van der Waals surface area contributed by atoms with Crippen LogP contribution < -0.4 is 5.32 Å². The molecule has 1 aromatic carbocycles. The first kappa shape index (κ1) is 15.9. The number of aryl methyl sites for hydroxylation is 3. The summed E-state index contributed by atoms with van der Waals surface area (Å²) in [7, 11) is 0. The fourth-order valence-corrected chi connectivity index (χ4v) is 4.23. The SMILES string of the molecule is CSC1CCCC(NC(C)c2cc(C)c(C)cc2C)C1. The summed E-state index contributed by atoms with van der Waals surface area (Å²) < 4.78 is 0. The molecule has 0 radical (unpaired) electrons. The summed E-state index contributed by atoms with van der Waals surface area (Å²) in [6.45, 7) is 8.98. The number of hydrogen-bond acceptors (Lipinski definition) is 2. The smallest absolute Gasteiger partial charge is 0.0297 e. The highest BCUT2D eigenvalue weighted by Crippen LogP contribution is 2.29. The quantitative estimate of drug-likeness (QED) is 0.843. The number of thioether (sulfide) groups is 1. The molecule has 1 aliphatic carbocycles. The van der Waals surface area contributed by atoms with E-state index in [0.717, 1.165) is 5.25 Å². The van der Waals surface area contributed by atoms with Gasteiger partial charge < -0.3 is 5.32 Å². The van der Waals surface area contributed by atoms with Gasteiger partial charge in [0.1, 0.15) is 0 Å². The highest BCUT2D eigenvalue weighted by molar-refractivity contribution is 7.99. The Hall–Kier alpha value is -0.470. The van der Waals surface area contributed by atoms with Crippen molar-refractivity contribution >= 4 is 11.8 Å². The second-order valence-corrected chi connectivity index (χ2v) is 7.54. The van der Waals surface area contributed by atoms with Gasteiger partial charge in [-0.15, -0.1) is 0 Å². The van der Waals surface area contributed by atoms with Crippen LogP contribution in [0.3, 0.4) is 0 Å². The zero-order chi connectivity index (χ0) is 14.7. The van der Waals surface area contributed by atoms with Crippen molar-refractivity contribution in [1.29, 1.82) is 0 Å². The molecule has 112 valence electrons. The molecule has 0 spiro atoms. The van der Waals surface area contributed by atoms with Gasteiger partial charge in [-0.05, 0) is 75.5 Å². The van der Waals surface area contributed by atoms with Crippen LogP contribution in [0.1, 0.15) is 60.9 Å². The molecule has 1 saturated carbocycles. The molecular weight excluding hydrogens is 262 g/mol. The Labute approximate surface area is 128 Å². The van der Waals surface area contributed by atoms with E-state index in [4.69, 9.17) is 0 Å².